The molecule has 1 heterocycles. The van der Waals surface area contributed by atoms with Crippen molar-refractivity contribution in [2.75, 3.05) is 5.75 Å². The molecule has 0 amide bonds. The van der Waals surface area contributed by atoms with Gasteiger partial charge in [-0.3, -0.25) is 0 Å². The Bertz CT molecular complexity index is 200. The third kappa shape index (κ3) is 0.856. The zero-order valence-corrected chi connectivity index (χ0v) is 8.33. The first-order valence-electron chi connectivity index (χ1n) is 5.17. The van der Waals surface area contributed by atoms with Gasteiger partial charge < -0.3 is 5.73 Å². The Hall–Kier alpha value is 0.310. The molecule has 1 aliphatic heterocycles. The molecule has 0 bridgehead atoms. The van der Waals surface area contributed by atoms with Crippen LogP contribution in [0.25, 0.3) is 0 Å². The molecular weight excluding hydrogens is 166 g/mol. The minimum absolute atomic E-state index is 0.301. The van der Waals surface area contributed by atoms with E-state index in [9.17, 15) is 0 Å². The fourth-order valence-corrected chi connectivity index (χ4v) is 4.66. The molecule has 1 nitrogen and oxygen atoms in total. The van der Waals surface area contributed by atoms with Crippen molar-refractivity contribution in [3.8, 4) is 0 Å². The molecule has 3 aliphatic rings. The van der Waals surface area contributed by atoms with E-state index in [2.05, 4.69) is 11.8 Å². The summed E-state index contributed by atoms with van der Waals surface area (Å²) in [5.41, 5.74) is 7.27. The summed E-state index contributed by atoms with van der Waals surface area (Å²) in [6.07, 6.45) is 8.37. The van der Waals surface area contributed by atoms with Crippen LogP contribution in [0.2, 0.25) is 0 Å². The zero-order valence-electron chi connectivity index (χ0n) is 7.51. The first-order chi connectivity index (χ1) is 5.77. The molecule has 3 fully saturated rings. The molecule has 2 N–H and O–H groups in total. The van der Waals surface area contributed by atoms with Crippen molar-refractivity contribution in [2.45, 2.75) is 49.3 Å². The lowest BCUT2D eigenvalue weighted by molar-refractivity contribution is 0.359. The van der Waals surface area contributed by atoms with Gasteiger partial charge in [-0.2, -0.15) is 11.8 Å². The molecule has 0 spiro atoms. The molecule has 3 rings (SSSR count). The summed E-state index contributed by atoms with van der Waals surface area (Å²) in [5, 5.41) is 0.935. The van der Waals surface area contributed by atoms with E-state index in [1.54, 1.807) is 0 Å². The van der Waals surface area contributed by atoms with Gasteiger partial charge in [-0.1, -0.05) is 0 Å². The average Bonchev–Trinajstić information content (AvgIpc) is 2.96. The summed E-state index contributed by atoms with van der Waals surface area (Å²) >= 11 is 2.20. The van der Waals surface area contributed by atoms with Gasteiger partial charge in [-0.25, -0.2) is 0 Å². The molecule has 12 heavy (non-hydrogen) atoms. The molecule has 1 saturated heterocycles. The molecule has 1 unspecified atom stereocenters. The van der Waals surface area contributed by atoms with E-state index in [4.69, 9.17) is 5.73 Å². The van der Waals surface area contributed by atoms with Gasteiger partial charge >= 0.3 is 0 Å². The smallest absolute Gasteiger partial charge is 0.0223 e. The minimum Gasteiger partial charge on any atom is -0.325 e. The van der Waals surface area contributed by atoms with E-state index in [1.807, 2.05) is 0 Å². The van der Waals surface area contributed by atoms with Gasteiger partial charge in [0.1, 0.15) is 0 Å². The maximum Gasteiger partial charge on any atom is 0.0223 e. The fourth-order valence-electron chi connectivity index (χ4n) is 2.92. The number of thioether (sulfide) groups is 1. The van der Waals surface area contributed by atoms with Crippen molar-refractivity contribution in [2.24, 2.45) is 11.1 Å². The van der Waals surface area contributed by atoms with Crippen molar-refractivity contribution in [1.29, 1.82) is 0 Å². The van der Waals surface area contributed by atoms with E-state index < -0.39 is 0 Å². The molecule has 2 heteroatoms. The van der Waals surface area contributed by atoms with Crippen molar-refractivity contribution < 1.29 is 0 Å². The van der Waals surface area contributed by atoms with Crippen LogP contribution in [0.3, 0.4) is 0 Å². The maximum absolute atomic E-state index is 6.35. The third-order valence-corrected chi connectivity index (χ3v) is 5.73. The van der Waals surface area contributed by atoms with Crippen LogP contribution in [0.1, 0.15) is 38.5 Å². The Balaban J connectivity index is 1.81. The monoisotopic (exact) mass is 183 g/mol. The molecule has 0 aromatic carbocycles. The van der Waals surface area contributed by atoms with Crippen LogP contribution in [-0.4, -0.2) is 16.5 Å². The average molecular weight is 183 g/mol. The first-order valence-corrected chi connectivity index (χ1v) is 6.22. The van der Waals surface area contributed by atoms with Crippen LogP contribution >= 0.6 is 11.8 Å². The third-order valence-electron chi connectivity index (χ3n) is 4.11. The summed E-state index contributed by atoms with van der Waals surface area (Å²) in [5.74, 6) is 1.39. The minimum atomic E-state index is 0.301. The standard InChI is InChI=1S/C10H17NS/c11-10(5-6-10)9(3-4-9)8-2-1-7-12-8/h8H,1-7,11H2. The highest BCUT2D eigenvalue weighted by Gasteiger charge is 2.66. The van der Waals surface area contributed by atoms with Crippen molar-refractivity contribution in [3.63, 3.8) is 0 Å². The number of hydrogen-bond acceptors (Lipinski definition) is 2. The lowest BCUT2D eigenvalue weighted by Gasteiger charge is -2.28. The van der Waals surface area contributed by atoms with Gasteiger partial charge in [0.2, 0.25) is 0 Å². The SMILES string of the molecule is NC1(C2(C3CCCS3)CC2)CC1. The molecule has 0 aromatic rings. The van der Waals surface area contributed by atoms with Gasteiger partial charge in [0.05, 0.1) is 0 Å². The highest BCUT2D eigenvalue weighted by atomic mass is 32.2. The molecule has 0 radical (unpaired) electrons. The van der Waals surface area contributed by atoms with Crippen LogP contribution in [0.5, 0.6) is 0 Å². The topological polar surface area (TPSA) is 26.0 Å². The highest BCUT2D eigenvalue weighted by Crippen LogP contribution is 2.68. The summed E-state index contributed by atoms with van der Waals surface area (Å²) in [4.78, 5) is 0. The maximum atomic E-state index is 6.35. The predicted octanol–water partition coefficient (Wildman–Crippen LogP) is 2.15. The van der Waals surface area contributed by atoms with Crippen LogP contribution in [0.4, 0.5) is 0 Å². The summed E-state index contributed by atoms with van der Waals surface area (Å²) in [6.45, 7) is 0. The second kappa shape index (κ2) is 2.21. The summed E-state index contributed by atoms with van der Waals surface area (Å²) < 4.78 is 0. The normalized spacial score (nSPS) is 41.2. The molecule has 0 aromatic heterocycles. The van der Waals surface area contributed by atoms with Gasteiger partial charge in [0.15, 0.2) is 0 Å². The molecule has 68 valence electrons. The van der Waals surface area contributed by atoms with Crippen molar-refractivity contribution in [1.82, 2.24) is 0 Å². The Labute approximate surface area is 78.5 Å². The van der Waals surface area contributed by atoms with Gasteiger partial charge in [-0.15, -0.1) is 0 Å². The van der Waals surface area contributed by atoms with Gasteiger partial charge in [0, 0.05) is 16.2 Å². The Morgan fingerprint density at radius 2 is 1.92 bits per heavy atom. The van der Waals surface area contributed by atoms with Crippen LogP contribution in [0.15, 0.2) is 0 Å². The van der Waals surface area contributed by atoms with E-state index in [1.165, 1.54) is 44.3 Å². The Kier molecular flexibility index (Phi) is 1.42. The van der Waals surface area contributed by atoms with Crippen LogP contribution in [-0.2, 0) is 0 Å². The first kappa shape index (κ1) is 7.69. The fraction of sp³-hybridized carbons (Fsp3) is 1.00. The Morgan fingerprint density at radius 1 is 1.17 bits per heavy atom. The van der Waals surface area contributed by atoms with E-state index >= 15 is 0 Å². The zero-order chi connectivity index (χ0) is 8.23. The van der Waals surface area contributed by atoms with Gasteiger partial charge in [-0.05, 0) is 44.3 Å². The lowest BCUT2D eigenvalue weighted by atomic mass is 9.88. The number of hydrogen-bond donors (Lipinski definition) is 1. The molecule has 2 saturated carbocycles. The number of nitrogens with two attached hydrogens (primary N) is 1. The van der Waals surface area contributed by atoms with Crippen molar-refractivity contribution in [3.05, 3.63) is 0 Å². The molecular formula is C10H17NS. The van der Waals surface area contributed by atoms with E-state index in [-0.39, 0.29) is 0 Å². The molecule has 1 atom stereocenters. The number of rotatable bonds is 2. The van der Waals surface area contributed by atoms with Crippen LogP contribution < -0.4 is 5.73 Å². The lowest BCUT2D eigenvalue weighted by Crippen LogP contribution is -2.40. The quantitative estimate of drug-likeness (QED) is 0.710. The molecule has 2 aliphatic carbocycles. The summed E-state index contributed by atoms with van der Waals surface area (Å²) in [7, 11) is 0. The van der Waals surface area contributed by atoms with E-state index in [0.29, 0.717) is 11.0 Å². The summed E-state index contributed by atoms with van der Waals surface area (Å²) in [6, 6.07) is 0. The largest absolute Gasteiger partial charge is 0.325 e. The predicted molar refractivity (Wildman–Crippen MR) is 53.3 cm³/mol. The Morgan fingerprint density at radius 3 is 2.33 bits per heavy atom. The van der Waals surface area contributed by atoms with Gasteiger partial charge in [0.25, 0.3) is 0 Å². The van der Waals surface area contributed by atoms with Crippen molar-refractivity contribution >= 4 is 11.8 Å². The highest BCUT2D eigenvalue weighted by molar-refractivity contribution is 8.00. The van der Waals surface area contributed by atoms with E-state index in [0.717, 1.165) is 5.25 Å². The second-order valence-corrected chi connectivity index (χ2v) is 6.12. The second-order valence-electron chi connectivity index (χ2n) is 4.81. The van der Waals surface area contributed by atoms with Crippen LogP contribution in [0, 0.1) is 5.41 Å².